The van der Waals surface area contributed by atoms with E-state index in [0.717, 1.165) is 31.5 Å². The van der Waals surface area contributed by atoms with E-state index in [-0.39, 0.29) is 17.6 Å². The maximum absolute atomic E-state index is 13.2. The molecule has 0 aromatic heterocycles. The van der Waals surface area contributed by atoms with Crippen LogP contribution in [0.1, 0.15) is 47.6 Å². The van der Waals surface area contributed by atoms with Crippen LogP contribution in [0.5, 0.6) is 0 Å². The fraction of sp³-hybridized carbons (Fsp3) is 0.350. The highest BCUT2D eigenvalue weighted by Gasteiger charge is 2.28. The molecule has 120 valence electrons. The SMILES string of the molecule is O=C(c1ccc(F)cc1)[C@H](c1ccccc1)N1CCCCCC1. The molecule has 0 bridgehead atoms. The summed E-state index contributed by atoms with van der Waals surface area (Å²) in [5.74, 6) is -0.259. The van der Waals surface area contributed by atoms with Gasteiger partial charge in [-0.1, -0.05) is 43.2 Å². The molecule has 0 amide bonds. The molecular weight excluding hydrogens is 289 g/mol. The third kappa shape index (κ3) is 3.85. The van der Waals surface area contributed by atoms with Crippen molar-refractivity contribution < 1.29 is 9.18 Å². The van der Waals surface area contributed by atoms with Crippen LogP contribution in [0.3, 0.4) is 0 Å². The second-order valence-electron chi connectivity index (χ2n) is 6.13. The van der Waals surface area contributed by atoms with E-state index in [1.807, 2.05) is 30.3 Å². The summed E-state index contributed by atoms with van der Waals surface area (Å²) in [6.07, 6.45) is 4.70. The van der Waals surface area contributed by atoms with Crippen LogP contribution < -0.4 is 0 Å². The Labute approximate surface area is 136 Å². The molecular formula is C20H22FNO. The molecule has 0 aliphatic carbocycles. The van der Waals surface area contributed by atoms with Crippen LogP contribution in [-0.2, 0) is 0 Å². The van der Waals surface area contributed by atoms with Gasteiger partial charge in [-0.15, -0.1) is 0 Å². The number of ketones is 1. The summed E-state index contributed by atoms with van der Waals surface area (Å²) in [4.78, 5) is 15.4. The number of hydrogen-bond acceptors (Lipinski definition) is 2. The Kier molecular flexibility index (Phi) is 5.19. The normalized spacial score (nSPS) is 17.4. The van der Waals surface area contributed by atoms with Crippen LogP contribution in [0.4, 0.5) is 4.39 Å². The zero-order valence-electron chi connectivity index (χ0n) is 13.2. The molecule has 2 aromatic rings. The number of halogens is 1. The van der Waals surface area contributed by atoms with E-state index in [2.05, 4.69) is 4.90 Å². The van der Waals surface area contributed by atoms with Crippen molar-refractivity contribution in [1.82, 2.24) is 4.90 Å². The summed E-state index contributed by atoms with van der Waals surface area (Å²) in [7, 11) is 0. The number of rotatable bonds is 4. The minimum Gasteiger partial charge on any atom is -0.292 e. The molecule has 1 atom stereocenters. The number of benzene rings is 2. The lowest BCUT2D eigenvalue weighted by Gasteiger charge is -2.30. The largest absolute Gasteiger partial charge is 0.292 e. The predicted molar refractivity (Wildman–Crippen MR) is 90.0 cm³/mol. The molecule has 3 rings (SSSR count). The van der Waals surface area contributed by atoms with Crippen molar-refractivity contribution in [3.05, 3.63) is 71.5 Å². The summed E-state index contributed by atoms with van der Waals surface area (Å²) in [6.45, 7) is 1.87. The van der Waals surface area contributed by atoms with Gasteiger partial charge in [-0.2, -0.15) is 0 Å². The molecule has 1 aliphatic rings. The van der Waals surface area contributed by atoms with Crippen molar-refractivity contribution >= 4 is 5.78 Å². The molecule has 1 fully saturated rings. The molecule has 2 aromatic carbocycles. The Morgan fingerprint density at radius 2 is 1.48 bits per heavy atom. The molecule has 23 heavy (non-hydrogen) atoms. The van der Waals surface area contributed by atoms with Gasteiger partial charge in [-0.3, -0.25) is 9.69 Å². The highest BCUT2D eigenvalue weighted by atomic mass is 19.1. The van der Waals surface area contributed by atoms with E-state index < -0.39 is 0 Å². The average molecular weight is 311 g/mol. The highest BCUT2D eigenvalue weighted by Crippen LogP contribution is 2.28. The Morgan fingerprint density at radius 3 is 2.09 bits per heavy atom. The second-order valence-corrected chi connectivity index (χ2v) is 6.13. The van der Waals surface area contributed by atoms with Crippen molar-refractivity contribution in [2.45, 2.75) is 31.7 Å². The Morgan fingerprint density at radius 1 is 0.870 bits per heavy atom. The van der Waals surface area contributed by atoms with Gasteiger partial charge in [0.1, 0.15) is 5.82 Å². The quantitative estimate of drug-likeness (QED) is 0.768. The van der Waals surface area contributed by atoms with Crippen molar-refractivity contribution in [2.75, 3.05) is 13.1 Å². The molecule has 2 nitrogen and oxygen atoms in total. The van der Waals surface area contributed by atoms with E-state index in [4.69, 9.17) is 0 Å². The van der Waals surface area contributed by atoms with Crippen LogP contribution in [0.15, 0.2) is 54.6 Å². The smallest absolute Gasteiger partial charge is 0.184 e. The first-order valence-corrected chi connectivity index (χ1v) is 8.34. The van der Waals surface area contributed by atoms with Gasteiger partial charge in [-0.05, 0) is 55.8 Å². The van der Waals surface area contributed by atoms with Gasteiger partial charge < -0.3 is 0 Å². The Balaban J connectivity index is 1.93. The van der Waals surface area contributed by atoms with E-state index in [1.54, 1.807) is 12.1 Å². The summed E-state index contributed by atoms with van der Waals surface area (Å²) >= 11 is 0. The van der Waals surface area contributed by atoms with E-state index >= 15 is 0 Å². The zero-order valence-corrected chi connectivity index (χ0v) is 13.2. The van der Waals surface area contributed by atoms with Crippen molar-refractivity contribution in [2.24, 2.45) is 0 Å². The van der Waals surface area contributed by atoms with Gasteiger partial charge in [0.2, 0.25) is 0 Å². The second kappa shape index (κ2) is 7.51. The van der Waals surface area contributed by atoms with Gasteiger partial charge in [0.15, 0.2) is 5.78 Å². The standard InChI is InChI=1S/C20H22FNO/c21-18-12-10-17(11-13-18)20(23)19(16-8-4-3-5-9-16)22-14-6-1-2-7-15-22/h3-5,8-13,19H,1-2,6-7,14-15H2/t19-/m0/s1. The summed E-state index contributed by atoms with van der Waals surface area (Å²) < 4.78 is 13.2. The number of Topliss-reactive ketones (excluding diaryl/α,β-unsaturated/α-hetero) is 1. The van der Waals surface area contributed by atoms with E-state index in [9.17, 15) is 9.18 Å². The summed E-state index contributed by atoms with van der Waals surface area (Å²) in [5, 5.41) is 0. The van der Waals surface area contributed by atoms with Crippen molar-refractivity contribution in [3.8, 4) is 0 Å². The zero-order chi connectivity index (χ0) is 16.1. The van der Waals surface area contributed by atoms with Crippen molar-refractivity contribution in [1.29, 1.82) is 0 Å². The maximum atomic E-state index is 13.2. The van der Waals surface area contributed by atoms with Gasteiger partial charge in [0.05, 0.1) is 6.04 Å². The third-order valence-corrected chi connectivity index (χ3v) is 4.50. The van der Waals surface area contributed by atoms with Gasteiger partial charge in [-0.25, -0.2) is 4.39 Å². The van der Waals surface area contributed by atoms with Crippen LogP contribution in [0.25, 0.3) is 0 Å². The lowest BCUT2D eigenvalue weighted by atomic mass is 9.95. The van der Waals surface area contributed by atoms with Gasteiger partial charge >= 0.3 is 0 Å². The summed E-state index contributed by atoms with van der Waals surface area (Å²) in [6, 6.07) is 15.5. The van der Waals surface area contributed by atoms with Crippen LogP contribution in [0.2, 0.25) is 0 Å². The van der Waals surface area contributed by atoms with Crippen molar-refractivity contribution in [3.63, 3.8) is 0 Å². The number of carbonyl (C=O) groups is 1. The minimum absolute atomic E-state index is 0.0538. The minimum atomic E-state index is -0.312. The number of nitrogens with zero attached hydrogens (tertiary/aromatic N) is 1. The maximum Gasteiger partial charge on any atom is 0.184 e. The number of carbonyl (C=O) groups excluding carboxylic acids is 1. The van der Waals surface area contributed by atoms with Gasteiger partial charge in [0.25, 0.3) is 0 Å². The monoisotopic (exact) mass is 311 g/mol. The molecule has 3 heteroatoms. The topological polar surface area (TPSA) is 20.3 Å². The lowest BCUT2D eigenvalue weighted by molar-refractivity contribution is 0.0821. The first kappa shape index (κ1) is 15.9. The lowest BCUT2D eigenvalue weighted by Crippen LogP contribution is -2.35. The van der Waals surface area contributed by atoms with E-state index in [1.165, 1.54) is 25.0 Å². The van der Waals surface area contributed by atoms with Crippen LogP contribution in [0, 0.1) is 5.82 Å². The third-order valence-electron chi connectivity index (χ3n) is 4.50. The van der Waals surface area contributed by atoms with E-state index in [0.29, 0.717) is 5.56 Å². The molecule has 0 saturated carbocycles. The molecule has 1 saturated heterocycles. The first-order valence-electron chi connectivity index (χ1n) is 8.34. The number of likely N-dealkylation sites (tertiary alicyclic amines) is 1. The van der Waals surface area contributed by atoms with Crippen LogP contribution >= 0.6 is 0 Å². The molecule has 0 spiro atoms. The molecule has 0 radical (unpaired) electrons. The molecule has 0 N–H and O–H groups in total. The fourth-order valence-electron chi connectivity index (χ4n) is 3.29. The first-order chi connectivity index (χ1) is 11.3. The fourth-order valence-corrected chi connectivity index (χ4v) is 3.29. The molecule has 1 aliphatic heterocycles. The molecule has 1 heterocycles. The highest BCUT2D eigenvalue weighted by molar-refractivity contribution is 6.00. The van der Waals surface area contributed by atoms with Gasteiger partial charge in [0, 0.05) is 5.56 Å². The number of hydrogen-bond donors (Lipinski definition) is 0. The van der Waals surface area contributed by atoms with Crippen LogP contribution in [-0.4, -0.2) is 23.8 Å². The Hall–Kier alpha value is -2.00. The molecule has 0 unspecified atom stereocenters. The predicted octanol–water partition coefficient (Wildman–Crippen LogP) is 4.63. The Bertz CT molecular complexity index is 630. The average Bonchev–Trinajstić information content (AvgIpc) is 2.86. The summed E-state index contributed by atoms with van der Waals surface area (Å²) in [5.41, 5.74) is 1.59.